The summed E-state index contributed by atoms with van der Waals surface area (Å²) in [6.07, 6.45) is 3.10. The van der Waals surface area contributed by atoms with Gasteiger partial charge in [-0.3, -0.25) is 9.36 Å². The number of nitrogens with one attached hydrogen (secondary N) is 1. The van der Waals surface area contributed by atoms with Gasteiger partial charge in [0.2, 0.25) is 5.91 Å². The van der Waals surface area contributed by atoms with E-state index in [0.29, 0.717) is 22.3 Å². The normalized spacial score (nSPS) is 15.1. The number of hydrogen-bond acceptors (Lipinski definition) is 9. The number of aryl methyl sites for hydroxylation is 1. The average Bonchev–Trinajstić information content (AvgIpc) is 3.75. The summed E-state index contributed by atoms with van der Waals surface area (Å²) >= 11 is 4.34. The SMILES string of the molecule is CCc1cc(-c2nnc(SCC(=O)Nc3scc(-c4ccccc4)c3C(=O)OC)n2CC2CCCO2)cs1. The maximum atomic E-state index is 13.0. The standard InChI is InChI=1S/C27H28N4O4S3/c1-3-20-12-18(14-36-20)24-29-30-27(31(24)13-19-10-7-11-35-19)38-16-22(32)28-25-23(26(33)34-2)21(15-37-25)17-8-5-4-6-9-17/h4-6,8-9,12,14-15,19H,3,7,10-11,13,16H2,1-2H3,(H,28,32). The first-order chi connectivity index (χ1) is 18.6. The molecule has 1 aliphatic rings. The Morgan fingerprint density at radius 2 is 2.03 bits per heavy atom. The van der Waals surface area contributed by atoms with Gasteiger partial charge in [0.15, 0.2) is 11.0 Å². The van der Waals surface area contributed by atoms with E-state index in [1.54, 1.807) is 11.3 Å². The van der Waals surface area contributed by atoms with Crippen LogP contribution in [0.4, 0.5) is 5.00 Å². The van der Waals surface area contributed by atoms with E-state index in [-0.39, 0.29) is 17.8 Å². The lowest BCUT2D eigenvalue weighted by molar-refractivity contribution is -0.113. The predicted molar refractivity (Wildman–Crippen MR) is 152 cm³/mol. The Hall–Kier alpha value is -2.99. The number of thiophene rings is 2. The predicted octanol–water partition coefficient (Wildman–Crippen LogP) is 5.99. The van der Waals surface area contributed by atoms with Crippen molar-refractivity contribution in [2.24, 2.45) is 0 Å². The molecule has 0 spiro atoms. The lowest BCUT2D eigenvalue weighted by Gasteiger charge is -2.14. The highest BCUT2D eigenvalue weighted by atomic mass is 32.2. The smallest absolute Gasteiger partial charge is 0.341 e. The molecule has 198 valence electrons. The van der Waals surface area contributed by atoms with Crippen LogP contribution in [-0.2, 0) is 27.2 Å². The summed E-state index contributed by atoms with van der Waals surface area (Å²) in [7, 11) is 1.34. The summed E-state index contributed by atoms with van der Waals surface area (Å²) in [5.41, 5.74) is 3.00. The van der Waals surface area contributed by atoms with Crippen LogP contribution in [0.3, 0.4) is 0 Å². The van der Waals surface area contributed by atoms with Crippen LogP contribution < -0.4 is 5.32 Å². The molecule has 11 heteroatoms. The highest BCUT2D eigenvalue weighted by Gasteiger charge is 2.25. The van der Waals surface area contributed by atoms with Crippen LogP contribution in [0.5, 0.6) is 0 Å². The van der Waals surface area contributed by atoms with Crippen LogP contribution in [0.2, 0.25) is 0 Å². The number of ether oxygens (including phenoxy) is 2. The van der Waals surface area contributed by atoms with Gasteiger partial charge in [-0.1, -0.05) is 49.0 Å². The van der Waals surface area contributed by atoms with Gasteiger partial charge >= 0.3 is 5.97 Å². The Labute approximate surface area is 233 Å². The van der Waals surface area contributed by atoms with Crippen molar-refractivity contribution in [2.45, 2.75) is 44.0 Å². The minimum Gasteiger partial charge on any atom is -0.465 e. The van der Waals surface area contributed by atoms with Crippen LogP contribution >= 0.6 is 34.4 Å². The Morgan fingerprint density at radius 3 is 2.74 bits per heavy atom. The molecule has 4 aromatic rings. The third kappa shape index (κ3) is 5.85. The Bertz CT molecular complexity index is 1410. The molecular formula is C27H28N4O4S3. The number of carbonyl (C=O) groups is 2. The van der Waals surface area contributed by atoms with Crippen molar-refractivity contribution in [1.29, 1.82) is 0 Å². The number of hydrogen-bond donors (Lipinski definition) is 1. The summed E-state index contributed by atoms with van der Waals surface area (Å²) in [5.74, 6) is 0.181. The average molecular weight is 569 g/mol. The van der Waals surface area contributed by atoms with Crippen molar-refractivity contribution < 1.29 is 19.1 Å². The number of nitrogens with zero attached hydrogens (tertiary/aromatic N) is 3. The molecule has 0 saturated carbocycles. The summed E-state index contributed by atoms with van der Waals surface area (Å²) in [4.78, 5) is 26.9. The molecule has 1 atom stereocenters. The van der Waals surface area contributed by atoms with E-state index >= 15 is 0 Å². The molecule has 0 bridgehead atoms. The molecule has 1 saturated heterocycles. The van der Waals surface area contributed by atoms with Crippen LogP contribution in [0.15, 0.2) is 52.3 Å². The van der Waals surface area contributed by atoms with Gasteiger partial charge in [0, 0.05) is 33.4 Å². The second kappa shape index (κ2) is 12.2. The van der Waals surface area contributed by atoms with Gasteiger partial charge in [0.25, 0.3) is 0 Å². The van der Waals surface area contributed by atoms with E-state index in [4.69, 9.17) is 9.47 Å². The van der Waals surface area contributed by atoms with E-state index in [1.807, 2.05) is 35.7 Å². The van der Waals surface area contributed by atoms with Crippen LogP contribution in [0.1, 0.15) is 35.0 Å². The highest BCUT2D eigenvalue weighted by molar-refractivity contribution is 7.99. The quantitative estimate of drug-likeness (QED) is 0.185. The molecular weight excluding hydrogens is 541 g/mol. The number of aromatic nitrogens is 3. The van der Waals surface area contributed by atoms with Crippen molar-refractivity contribution in [1.82, 2.24) is 14.8 Å². The number of methoxy groups -OCH3 is 1. The number of thioether (sulfide) groups is 1. The Balaban J connectivity index is 1.33. The molecule has 1 aliphatic heterocycles. The fourth-order valence-electron chi connectivity index (χ4n) is 4.33. The zero-order valence-electron chi connectivity index (χ0n) is 21.1. The number of benzene rings is 1. The number of anilines is 1. The van der Waals surface area contributed by atoms with Crippen LogP contribution in [-0.4, -0.2) is 52.2 Å². The first-order valence-corrected chi connectivity index (χ1v) is 15.1. The second-order valence-electron chi connectivity index (χ2n) is 8.76. The molecule has 5 rings (SSSR count). The van der Waals surface area contributed by atoms with Crippen molar-refractivity contribution >= 4 is 51.3 Å². The zero-order valence-corrected chi connectivity index (χ0v) is 23.6. The van der Waals surface area contributed by atoms with Crippen LogP contribution in [0.25, 0.3) is 22.5 Å². The lowest BCUT2D eigenvalue weighted by Crippen LogP contribution is -2.18. The van der Waals surface area contributed by atoms with Gasteiger partial charge in [0.05, 0.1) is 25.5 Å². The maximum absolute atomic E-state index is 13.0. The number of esters is 1. The van der Waals surface area contributed by atoms with Crippen LogP contribution in [0, 0.1) is 0 Å². The first kappa shape index (κ1) is 26.6. The molecule has 0 radical (unpaired) electrons. The maximum Gasteiger partial charge on any atom is 0.341 e. The summed E-state index contributed by atoms with van der Waals surface area (Å²) in [6.45, 7) is 3.54. The molecule has 8 nitrogen and oxygen atoms in total. The Morgan fingerprint density at radius 1 is 1.18 bits per heavy atom. The van der Waals surface area contributed by atoms with E-state index < -0.39 is 5.97 Å². The van der Waals surface area contributed by atoms with E-state index in [9.17, 15) is 9.59 Å². The molecule has 1 unspecified atom stereocenters. The lowest BCUT2D eigenvalue weighted by atomic mass is 10.0. The third-order valence-corrected chi connectivity index (χ3v) is 9.18. The van der Waals surface area contributed by atoms with Gasteiger partial charge in [-0.05, 0) is 30.9 Å². The van der Waals surface area contributed by atoms with E-state index in [0.717, 1.165) is 48.4 Å². The molecule has 4 heterocycles. The molecule has 1 fully saturated rings. The molecule has 1 N–H and O–H groups in total. The van der Waals surface area contributed by atoms with Gasteiger partial charge in [-0.15, -0.1) is 32.9 Å². The largest absolute Gasteiger partial charge is 0.465 e. The van der Waals surface area contributed by atoms with Crippen molar-refractivity contribution in [2.75, 3.05) is 24.8 Å². The van der Waals surface area contributed by atoms with E-state index in [1.165, 1.54) is 35.1 Å². The third-order valence-electron chi connectivity index (χ3n) is 6.24. The molecule has 1 aromatic carbocycles. The Kier molecular flexibility index (Phi) is 8.58. The molecule has 38 heavy (non-hydrogen) atoms. The number of carbonyl (C=O) groups excluding carboxylic acids is 2. The minimum absolute atomic E-state index is 0.104. The van der Waals surface area contributed by atoms with Crippen molar-refractivity contribution in [3.05, 3.63) is 57.6 Å². The summed E-state index contributed by atoms with van der Waals surface area (Å²) < 4.78 is 13.0. The summed E-state index contributed by atoms with van der Waals surface area (Å²) in [5, 5.41) is 16.9. The minimum atomic E-state index is -0.490. The zero-order chi connectivity index (χ0) is 26.5. The first-order valence-electron chi connectivity index (χ1n) is 12.4. The summed E-state index contributed by atoms with van der Waals surface area (Å²) in [6, 6.07) is 11.7. The number of amides is 1. The van der Waals surface area contributed by atoms with Gasteiger partial charge < -0.3 is 14.8 Å². The topological polar surface area (TPSA) is 95.3 Å². The molecule has 0 aliphatic carbocycles. The van der Waals surface area contributed by atoms with E-state index in [2.05, 4.69) is 38.5 Å². The highest BCUT2D eigenvalue weighted by Crippen LogP contribution is 2.36. The van der Waals surface area contributed by atoms with Gasteiger partial charge in [0.1, 0.15) is 10.6 Å². The monoisotopic (exact) mass is 568 g/mol. The van der Waals surface area contributed by atoms with Crippen molar-refractivity contribution in [3.63, 3.8) is 0 Å². The molecule has 3 aromatic heterocycles. The van der Waals surface area contributed by atoms with Crippen molar-refractivity contribution in [3.8, 4) is 22.5 Å². The van der Waals surface area contributed by atoms with Gasteiger partial charge in [-0.25, -0.2) is 4.79 Å². The second-order valence-corrected chi connectivity index (χ2v) is 11.6. The number of rotatable bonds is 10. The van der Waals surface area contributed by atoms with Gasteiger partial charge in [-0.2, -0.15) is 0 Å². The fraction of sp³-hybridized carbons (Fsp3) is 0.333. The molecule has 1 amide bonds. The fourth-order valence-corrected chi connectivity index (χ4v) is 6.86.